The van der Waals surface area contributed by atoms with Gasteiger partial charge in [-0.05, 0) is 30.3 Å². The van der Waals surface area contributed by atoms with Gasteiger partial charge >= 0.3 is 5.97 Å². The highest BCUT2D eigenvalue weighted by molar-refractivity contribution is 6.37. The predicted octanol–water partition coefficient (Wildman–Crippen LogP) is 3.24. The maximum Gasteiger partial charge on any atom is 0.340 e. The van der Waals surface area contributed by atoms with E-state index in [1.165, 1.54) is 18.2 Å². The number of carbonyl (C=O) groups excluding carboxylic acids is 2. The van der Waals surface area contributed by atoms with Gasteiger partial charge in [0.25, 0.3) is 5.91 Å². The molecule has 122 valence electrons. The lowest BCUT2D eigenvalue weighted by Gasteiger charge is -2.09. The Balaban J connectivity index is 1.99. The first-order valence-electron chi connectivity index (χ1n) is 6.62. The van der Waals surface area contributed by atoms with Crippen LogP contribution in [0.15, 0.2) is 36.4 Å². The quantitative estimate of drug-likeness (QED) is 0.640. The summed E-state index contributed by atoms with van der Waals surface area (Å²) < 4.78 is 4.90. The van der Waals surface area contributed by atoms with Crippen molar-refractivity contribution in [2.45, 2.75) is 0 Å². The maximum absolute atomic E-state index is 12.0. The molecule has 8 heteroatoms. The molecule has 0 saturated carbocycles. The van der Waals surface area contributed by atoms with Crippen LogP contribution >= 0.6 is 23.2 Å². The second-order valence-corrected chi connectivity index (χ2v) is 5.51. The number of benzene rings is 2. The number of ether oxygens (including phenoxy) is 1. The summed E-state index contributed by atoms with van der Waals surface area (Å²) in [6.45, 7) is -0.529. The van der Waals surface area contributed by atoms with E-state index in [-0.39, 0.29) is 21.3 Å². The molecule has 2 rings (SSSR count). The number of hydrogen-bond donors (Lipinski definition) is 2. The van der Waals surface area contributed by atoms with E-state index in [9.17, 15) is 9.59 Å². The summed E-state index contributed by atoms with van der Waals surface area (Å²) in [5.74, 6) is -1.39. The Kier molecular flexibility index (Phi) is 5.64. The van der Waals surface area contributed by atoms with Gasteiger partial charge in [-0.15, -0.1) is 0 Å². The van der Waals surface area contributed by atoms with Crippen molar-refractivity contribution in [1.82, 2.24) is 0 Å². The Morgan fingerprint density at radius 2 is 2.00 bits per heavy atom. The lowest BCUT2D eigenvalue weighted by molar-refractivity contribution is -0.119. The minimum Gasteiger partial charge on any atom is -0.452 e. The van der Waals surface area contributed by atoms with Gasteiger partial charge in [-0.3, -0.25) is 4.79 Å². The number of nitrogens with zero attached hydrogens (tertiary/aromatic N) is 1. The Bertz CT molecular complexity index is 847. The molecule has 2 aromatic rings. The van der Waals surface area contributed by atoms with Crippen LogP contribution in [0.2, 0.25) is 10.0 Å². The highest BCUT2D eigenvalue weighted by Gasteiger charge is 2.16. The van der Waals surface area contributed by atoms with E-state index in [1.54, 1.807) is 18.2 Å². The molecule has 1 amide bonds. The number of carbonyl (C=O) groups is 2. The average molecular weight is 364 g/mol. The Morgan fingerprint density at radius 1 is 1.25 bits per heavy atom. The van der Waals surface area contributed by atoms with Crippen LogP contribution in [0.3, 0.4) is 0 Å². The van der Waals surface area contributed by atoms with E-state index < -0.39 is 18.5 Å². The van der Waals surface area contributed by atoms with Gasteiger partial charge in [-0.25, -0.2) is 4.79 Å². The molecule has 2 aromatic carbocycles. The first-order chi connectivity index (χ1) is 11.4. The maximum atomic E-state index is 12.0. The third-order valence-corrected chi connectivity index (χ3v) is 3.45. The van der Waals surface area contributed by atoms with E-state index in [0.29, 0.717) is 11.3 Å². The lowest BCUT2D eigenvalue weighted by Crippen LogP contribution is -2.21. The number of hydrogen-bond acceptors (Lipinski definition) is 5. The number of halogens is 2. The fourth-order valence-corrected chi connectivity index (χ4v) is 2.32. The van der Waals surface area contributed by atoms with Crippen LogP contribution in [0.5, 0.6) is 0 Å². The minimum atomic E-state index is -0.821. The summed E-state index contributed by atoms with van der Waals surface area (Å²) >= 11 is 11.7. The first-order valence-corrected chi connectivity index (χ1v) is 7.38. The number of rotatable bonds is 4. The number of anilines is 2. The minimum absolute atomic E-state index is 0.0215. The molecule has 0 bridgehead atoms. The van der Waals surface area contributed by atoms with Crippen molar-refractivity contribution < 1.29 is 14.3 Å². The number of esters is 1. The monoisotopic (exact) mass is 363 g/mol. The molecule has 0 saturated heterocycles. The fourth-order valence-electron chi connectivity index (χ4n) is 1.83. The van der Waals surface area contributed by atoms with Gasteiger partial charge in [-0.1, -0.05) is 29.3 Å². The Morgan fingerprint density at radius 3 is 2.71 bits per heavy atom. The van der Waals surface area contributed by atoms with Crippen LogP contribution in [0.4, 0.5) is 11.4 Å². The van der Waals surface area contributed by atoms with Crippen molar-refractivity contribution in [2.24, 2.45) is 0 Å². The summed E-state index contributed by atoms with van der Waals surface area (Å²) in [6.07, 6.45) is 0. The number of nitrogens with two attached hydrogens (primary N) is 1. The number of nitriles is 1. The molecule has 24 heavy (non-hydrogen) atoms. The van der Waals surface area contributed by atoms with Gasteiger partial charge in [-0.2, -0.15) is 5.26 Å². The van der Waals surface area contributed by atoms with E-state index in [0.717, 1.165) is 0 Å². The largest absolute Gasteiger partial charge is 0.452 e. The van der Waals surface area contributed by atoms with Gasteiger partial charge in [0.1, 0.15) is 0 Å². The van der Waals surface area contributed by atoms with Crippen molar-refractivity contribution in [3.8, 4) is 6.07 Å². The summed E-state index contributed by atoms with van der Waals surface area (Å²) in [5.41, 5.74) is 6.50. The number of nitrogen functional groups attached to an aromatic ring is 1. The third-order valence-electron chi connectivity index (χ3n) is 2.92. The van der Waals surface area contributed by atoms with E-state index in [4.69, 9.17) is 38.9 Å². The average Bonchev–Trinajstić information content (AvgIpc) is 2.56. The van der Waals surface area contributed by atoms with Gasteiger partial charge in [0.15, 0.2) is 6.61 Å². The van der Waals surface area contributed by atoms with E-state index in [2.05, 4.69) is 5.32 Å². The molecule has 0 fully saturated rings. The number of nitrogens with one attached hydrogen (secondary N) is 1. The topological polar surface area (TPSA) is 105 Å². The fraction of sp³-hybridized carbons (Fsp3) is 0.0625. The van der Waals surface area contributed by atoms with Crippen LogP contribution < -0.4 is 11.1 Å². The predicted molar refractivity (Wildman–Crippen MR) is 90.9 cm³/mol. The lowest BCUT2D eigenvalue weighted by atomic mass is 10.2. The third kappa shape index (κ3) is 4.38. The van der Waals surface area contributed by atoms with Crippen LogP contribution in [-0.4, -0.2) is 18.5 Å². The molecule has 0 heterocycles. The van der Waals surface area contributed by atoms with E-state index >= 15 is 0 Å². The van der Waals surface area contributed by atoms with Crippen LogP contribution in [0.25, 0.3) is 0 Å². The first kappa shape index (κ1) is 17.6. The summed E-state index contributed by atoms with van der Waals surface area (Å²) in [6, 6.07) is 11.0. The number of amides is 1. The van der Waals surface area contributed by atoms with Crippen LogP contribution in [-0.2, 0) is 9.53 Å². The second kappa shape index (κ2) is 7.68. The van der Waals surface area contributed by atoms with Gasteiger partial charge in [0, 0.05) is 10.7 Å². The van der Waals surface area contributed by atoms with Crippen molar-refractivity contribution in [3.63, 3.8) is 0 Å². The normalized spacial score (nSPS) is 9.88. The summed E-state index contributed by atoms with van der Waals surface area (Å²) in [7, 11) is 0. The van der Waals surface area contributed by atoms with Crippen molar-refractivity contribution >= 4 is 46.5 Å². The van der Waals surface area contributed by atoms with Gasteiger partial charge in [0.05, 0.1) is 27.9 Å². The van der Waals surface area contributed by atoms with Gasteiger partial charge in [0.2, 0.25) is 0 Å². The highest BCUT2D eigenvalue weighted by Crippen LogP contribution is 2.28. The van der Waals surface area contributed by atoms with Crippen molar-refractivity contribution in [1.29, 1.82) is 5.26 Å². The zero-order valence-corrected chi connectivity index (χ0v) is 13.7. The van der Waals surface area contributed by atoms with Crippen LogP contribution in [0.1, 0.15) is 15.9 Å². The molecule has 0 aliphatic carbocycles. The van der Waals surface area contributed by atoms with Crippen LogP contribution in [0, 0.1) is 11.3 Å². The smallest absolute Gasteiger partial charge is 0.340 e. The van der Waals surface area contributed by atoms with Crippen molar-refractivity contribution in [2.75, 3.05) is 17.7 Å². The SMILES string of the molecule is N#Cc1cccc(NC(=O)COC(=O)c2cc(Cl)cc(Cl)c2N)c1. The summed E-state index contributed by atoms with van der Waals surface area (Å²) in [4.78, 5) is 23.8. The zero-order chi connectivity index (χ0) is 17.7. The summed E-state index contributed by atoms with van der Waals surface area (Å²) in [5, 5.41) is 11.7. The Hall–Kier alpha value is -2.75. The van der Waals surface area contributed by atoms with E-state index in [1.807, 2.05) is 6.07 Å². The van der Waals surface area contributed by atoms with Crippen molar-refractivity contribution in [3.05, 3.63) is 57.6 Å². The molecule has 0 aromatic heterocycles. The zero-order valence-electron chi connectivity index (χ0n) is 12.2. The molecule has 0 spiro atoms. The standard InChI is InChI=1S/C16H11Cl2N3O3/c17-10-5-12(15(20)13(18)6-10)16(23)24-8-14(22)21-11-3-1-2-9(4-11)7-19/h1-6H,8,20H2,(H,21,22). The molecule has 0 atom stereocenters. The molecule has 0 aliphatic rings. The molecular weight excluding hydrogens is 353 g/mol. The molecule has 3 N–H and O–H groups in total. The molecule has 0 radical (unpaired) electrons. The Labute approximate surface area is 147 Å². The molecule has 0 unspecified atom stereocenters. The van der Waals surface area contributed by atoms with Gasteiger partial charge < -0.3 is 15.8 Å². The second-order valence-electron chi connectivity index (χ2n) is 4.67. The molecule has 0 aliphatic heterocycles. The molecular formula is C16H11Cl2N3O3. The molecule has 6 nitrogen and oxygen atoms in total. The highest BCUT2D eigenvalue weighted by atomic mass is 35.5.